The zero-order valence-corrected chi connectivity index (χ0v) is 16.2. The van der Waals surface area contributed by atoms with Crippen molar-refractivity contribution in [3.63, 3.8) is 0 Å². The first-order valence-corrected chi connectivity index (χ1v) is 11.1. The monoisotopic (exact) mass is 397 g/mol. The van der Waals surface area contributed by atoms with Crippen molar-refractivity contribution in [2.75, 3.05) is 18.4 Å². The van der Waals surface area contributed by atoms with E-state index >= 15 is 0 Å². The Morgan fingerprint density at radius 3 is 2.37 bits per heavy atom. The Morgan fingerprint density at radius 1 is 1.07 bits per heavy atom. The highest BCUT2D eigenvalue weighted by molar-refractivity contribution is 7.89. The van der Waals surface area contributed by atoms with Crippen molar-refractivity contribution >= 4 is 21.4 Å². The van der Waals surface area contributed by atoms with Crippen LogP contribution in [0.15, 0.2) is 23.1 Å². The molecule has 1 saturated heterocycles. The number of aliphatic hydroxyl groups excluding tert-OH is 1. The molecule has 2 atom stereocenters. The van der Waals surface area contributed by atoms with Gasteiger partial charge in [-0.3, -0.25) is 10.1 Å². The minimum absolute atomic E-state index is 0.0501. The number of nitro benzene ring substituents is 1. The van der Waals surface area contributed by atoms with E-state index in [0.29, 0.717) is 19.5 Å². The van der Waals surface area contributed by atoms with E-state index in [4.69, 9.17) is 0 Å². The van der Waals surface area contributed by atoms with Gasteiger partial charge in [-0.05, 0) is 37.8 Å². The molecule has 1 aliphatic carbocycles. The molecule has 2 fully saturated rings. The molecule has 0 bridgehead atoms. The second-order valence-electron chi connectivity index (χ2n) is 7.36. The van der Waals surface area contributed by atoms with Gasteiger partial charge >= 0.3 is 0 Å². The van der Waals surface area contributed by atoms with Crippen LogP contribution in [-0.4, -0.2) is 48.0 Å². The average Bonchev–Trinajstić information content (AvgIpc) is 2.93. The van der Waals surface area contributed by atoms with E-state index in [-0.39, 0.29) is 22.3 Å². The highest BCUT2D eigenvalue weighted by Gasteiger charge is 2.30. The number of rotatable bonds is 5. The molecule has 0 amide bonds. The van der Waals surface area contributed by atoms with Crippen molar-refractivity contribution in [3.05, 3.63) is 28.3 Å². The van der Waals surface area contributed by atoms with Crippen LogP contribution in [0, 0.1) is 10.1 Å². The maximum atomic E-state index is 12.9. The molecule has 0 spiro atoms. The summed E-state index contributed by atoms with van der Waals surface area (Å²) in [6, 6.07) is 3.75. The van der Waals surface area contributed by atoms with E-state index in [9.17, 15) is 23.6 Å². The maximum absolute atomic E-state index is 12.9. The molecule has 1 saturated carbocycles. The normalized spacial score (nSPS) is 24.9. The molecule has 1 aromatic rings. The van der Waals surface area contributed by atoms with Gasteiger partial charge < -0.3 is 10.4 Å². The van der Waals surface area contributed by atoms with E-state index in [0.717, 1.165) is 51.0 Å². The maximum Gasteiger partial charge on any atom is 0.293 e. The molecule has 3 rings (SSSR count). The van der Waals surface area contributed by atoms with Crippen molar-refractivity contribution in [1.29, 1.82) is 0 Å². The van der Waals surface area contributed by atoms with E-state index in [1.807, 2.05) is 0 Å². The van der Waals surface area contributed by atoms with Crippen LogP contribution in [0.4, 0.5) is 11.4 Å². The third-order valence-corrected chi connectivity index (χ3v) is 7.33. The van der Waals surface area contributed by atoms with Crippen molar-refractivity contribution in [2.45, 2.75) is 68.4 Å². The average molecular weight is 397 g/mol. The van der Waals surface area contributed by atoms with Crippen molar-refractivity contribution in [3.8, 4) is 0 Å². The number of nitro groups is 1. The summed E-state index contributed by atoms with van der Waals surface area (Å²) < 4.78 is 27.2. The largest absolute Gasteiger partial charge is 0.391 e. The van der Waals surface area contributed by atoms with Crippen LogP contribution in [0.25, 0.3) is 0 Å². The van der Waals surface area contributed by atoms with Crippen LogP contribution in [0.2, 0.25) is 0 Å². The zero-order valence-electron chi connectivity index (χ0n) is 15.3. The summed E-state index contributed by atoms with van der Waals surface area (Å²) in [4.78, 5) is 10.9. The number of hydrogen-bond acceptors (Lipinski definition) is 6. The molecule has 9 heteroatoms. The molecule has 1 heterocycles. The summed E-state index contributed by atoms with van der Waals surface area (Å²) in [6.45, 7) is 0.898. The van der Waals surface area contributed by atoms with Gasteiger partial charge in [-0.25, -0.2) is 8.42 Å². The highest BCUT2D eigenvalue weighted by atomic mass is 32.2. The first-order valence-electron chi connectivity index (χ1n) is 9.63. The molecule has 1 aromatic carbocycles. The quantitative estimate of drug-likeness (QED) is 0.583. The fraction of sp³-hybridized carbons (Fsp3) is 0.667. The van der Waals surface area contributed by atoms with Crippen LogP contribution in [0.1, 0.15) is 51.4 Å². The third kappa shape index (κ3) is 4.59. The standard InChI is InChI=1S/C18H27N3O5S/c22-18-8-4-3-7-16(18)19-15-10-9-14(13-17(15)21(23)24)27(25,26)20-11-5-1-2-6-12-20/h9-10,13,16,18-19,22H,1-8,11-12H2. The predicted molar refractivity (Wildman–Crippen MR) is 102 cm³/mol. The second-order valence-corrected chi connectivity index (χ2v) is 9.29. The number of sulfonamides is 1. The Kier molecular flexibility index (Phi) is 6.33. The van der Waals surface area contributed by atoms with Crippen molar-refractivity contribution in [1.82, 2.24) is 4.31 Å². The summed E-state index contributed by atoms with van der Waals surface area (Å²) in [5, 5.41) is 24.7. The molecular formula is C18H27N3O5S. The Morgan fingerprint density at radius 2 is 1.74 bits per heavy atom. The Bertz CT molecular complexity index is 775. The number of nitrogens with one attached hydrogen (secondary N) is 1. The van der Waals surface area contributed by atoms with E-state index < -0.39 is 21.1 Å². The van der Waals surface area contributed by atoms with Gasteiger partial charge in [-0.1, -0.05) is 25.7 Å². The van der Waals surface area contributed by atoms with Gasteiger partial charge in [0, 0.05) is 19.2 Å². The lowest BCUT2D eigenvalue weighted by Gasteiger charge is -2.29. The Labute approximate surface area is 159 Å². The number of anilines is 1. The lowest BCUT2D eigenvalue weighted by atomic mass is 9.92. The van der Waals surface area contributed by atoms with E-state index in [1.54, 1.807) is 0 Å². The molecule has 0 aromatic heterocycles. The SMILES string of the molecule is O=[N+]([O-])c1cc(S(=O)(=O)N2CCCCCC2)ccc1NC1CCCCC1O. The van der Waals surface area contributed by atoms with Gasteiger partial charge in [0.2, 0.25) is 10.0 Å². The lowest BCUT2D eigenvalue weighted by Crippen LogP contribution is -2.36. The number of benzene rings is 1. The lowest BCUT2D eigenvalue weighted by molar-refractivity contribution is -0.384. The first-order chi connectivity index (χ1) is 12.9. The Balaban J connectivity index is 1.87. The smallest absolute Gasteiger partial charge is 0.293 e. The minimum Gasteiger partial charge on any atom is -0.391 e. The second kappa shape index (κ2) is 8.53. The van der Waals surface area contributed by atoms with Crippen molar-refractivity contribution < 1.29 is 18.4 Å². The number of hydrogen-bond donors (Lipinski definition) is 2. The van der Waals surface area contributed by atoms with Gasteiger partial charge in [-0.15, -0.1) is 0 Å². The minimum atomic E-state index is -3.75. The topological polar surface area (TPSA) is 113 Å². The summed E-state index contributed by atoms with van der Waals surface area (Å²) in [5.74, 6) is 0. The van der Waals surface area contributed by atoms with Gasteiger partial charge in [0.05, 0.1) is 22.0 Å². The predicted octanol–water partition coefficient (Wildman–Crippen LogP) is 2.87. The first kappa shape index (κ1) is 20.0. The van der Waals surface area contributed by atoms with E-state index in [2.05, 4.69) is 5.32 Å². The molecular weight excluding hydrogens is 370 g/mol. The van der Waals surface area contributed by atoms with Crippen LogP contribution < -0.4 is 5.32 Å². The van der Waals surface area contributed by atoms with Gasteiger partial charge in [0.25, 0.3) is 5.69 Å². The Hall–Kier alpha value is -1.71. The van der Waals surface area contributed by atoms with Crippen molar-refractivity contribution in [2.24, 2.45) is 0 Å². The van der Waals surface area contributed by atoms with Crippen LogP contribution in [0.3, 0.4) is 0 Å². The summed E-state index contributed by atoms with van der Waals surface area (Å²) in [6.07, 6.45) is 6.33. The van der Waals surface area contributed by atoms with Crippen LogP contribution in [-0.2, 0) is 10.0 Å². The van der Waals surface area contributed by atoms with E-state index in [1.165, 1.54) is 16.4 Å². The number of aliphatic hydroxyl groups is 1. The summed E-state index contributed by atoms with van der Waals surface area (Å²) in [7, 11) is -3.75. The molecule has 27 heavy (non-hydrogen) atoms. The van der Waals surface area contributed by atoms with Gasteiger partial charge in [0.1, 0.15) is 5.69 Å². The van der Waals surface area contributed by atoms with Crippen LogP contribution in [0.5, 0.6) is 0 Å². The van der Waals surface area contributed by atoms with Gasteiger partial charge in [0.15, 0.2) is 0 Å². The summed E-state index contributed by atoms with van der Waals surface area (Å²) in [5.41, 5.74) is -0.0237. The summed E-state index contributed by atoms with van der Waals surface area (Å²) >= 11 is 0. The molecule has 150 valence electrons. The highest BCUT2D eigenvalue weighted by Crippen LogP contribution is 2.32. The third-order valence-electron chi connectivity index (χ3n) is 5.44. The van der Waals surface area contributed by atoms with Crippen LogP contribution >= 0.6 is 0 Å². The molecule has 8 nitrogen and oxygen atoms in total. The number of nitrogens with zero attached hydrogens (tertiary/aromatic N) is 2. The molecule has 0 radical (unpaired) electrons. The zero-order chi connectivity index (χ0) is 19.4. The molecule has 1 aliphatic heterocycles. The van der Waals surface area contributed by atoms with Gasteiger partial charge in [-0.2, -0.15) is 4.31 Å². The fourth-order valence-corrected chi connectivity index (χ4v) is 5.39. The molecule has 2 N–H and O–H groups in total. The molecule has 2 unspecified atom stereocenters. The fourth-order valence-electron chi connectivity index (χ4n) is 3.86. The molecule has 2 aliphatic rings.